The standard InChI is InChI=1S/C19H15Cl2N3O3S/c20-16-4-2-1-3-12(16)9-19(25)24-14-6-7-15(17(10-14)28(22,26)27)13-5-8-18(21)23-11-13/h1-8,10-11H,9H2,(H,24,25)(H2,22,26,27). The molecule has 28 heavy (non-hydrogen) atoms. The molecule has 0 fully saturated rings. The van der Waals surface area contributed by atoms with Crippen molar-refractivity contribution in [3.05, 3.63) is 76.5 Å². The zero-order valence-electron chi connectivity index (χ0n) is 14.4. The first-order chi connectivity index (χ1) is 13.2. The third kappa shape index (κ3) is 4.88. The highest BCUT2D eigenvalue weighted by Gasteiger charge is 2.17. The fourth-order valence-corrected chi connectivity index (χ4v) is 3.73. The Morgan fingerprint density at radius 2 is 1.82 bits per heavy atom. The SMILES string of the molecule is NS(=O)(=O)c1cc(NC(=O)Cc2ccccc2Cl)ccc1-c1ccc(Cl)nc1. The molecule has 1 aromatic heterocycles. The molecule has 0 aliphatic rings. The number of anilines is 1. The summed E-state index contributed by atoms with van der Waals surface area (Å²) in [5.41, 5.74) is 1.85. The number of amides is 1. The van der Waals surface area contributed by atoms with Crippen molar-refractivity contribution < 1.29 is 13.2 Å². The first-order valence-corrected chi connectivity index (χ1v) is 10.4. The monoisotopic (exact) mass is 435 g/mol. The van der Waals surface area contributed by atoms with Crippen LogP contribution in [0.2, 0.25) is 10.2 Å². The number of rotatable bonds is 5. The number of benzene rings is 2. The van der Waals surface area contributed by atoms with Gasteiger partial charge in [0.1, 0.15) is 5.15 Å². The van der Waals surface area contributed by atoms with Gasteiger partial charge in [-0.05, 0) is 35.9 Å². The van der Waals surface area contributed by atoms with Crippen LogP contribution >= 0.6 is 23.2 Å². The summed E-state index contributed by atoms with van der Waals surface area (Å²) >= 11 is 11.8. The van der Waals surface area contributed by atoms with Crippen LogP contribution in [0, 0.1) is 0 Å². The summed E-state index contributed by atoms with van der Waals surface area (Å²) in [6, 6.07) is 14.6. The van der Waals surface area contributed by atoms with Gasteiger partial charge in [0.05, 0.1) is 11.3 Å². The molecule has 0 saturated carbocycles. The van der Waals surface area contributed by atoms with Gasteiger partial charge in [0.25, 0.3) is 0 Å². The fraction of sp³-hybridized carbons (Fsp3) is 0.0526. The van der Waals surface area contributed by atoms with Gasteiger partial charge in [-0.15, -0.1) is 0 Å². The fourth-order valence-electron chi connectivity index (χ4n) is 2.63. The van der Waals surface area contributed by atoms with Crippen LogP contribution in [-0.2, 0) is 21.2 Å². The molecular formula is C19H15Cl2N3O3S. The summed E-state index contributed by atoms with van der Waals surface area (Å²) in [6.07, 6.45) is 1.50. The van der Waals surface area contributed by atoms with Crippen molar-refractivity contribution in [1.29, 1.82) is 0 Å². The van der Waals surface area contributed by atoms with E-state index in [9.17, 15) is 13.2 Å². The van der Waals surface area contributed by atoms with Gasteiger partial charge in [-0.25, -0.2) is 18.5 Å². The highest BCUT2D eigenvalue weighted by Crippen LogP contribution is 2.29. The number of primary sulfonamides is 1. The van der Waals surface area contributed by atoms with E-state index >= 15 is 0 Å². The zero-order valence-corrected chi connectivity index (χ0v) is 16.7. The Morgan fingerprint density at radius 3 is 2.46 bits per heavy atom. The molecule has 0 spiro atoms. The van der Waals surface area contributed by atoms with E-state index in [1.807, 2.05) is 0 Å². The zero-order chi connectivity index (χ0) is 20.3. The van der Waals surface area contributed by atoms with Crippen molar-refractivity contribution in [2.75, 3.05) is 5.32 Å². The molecule has 0 atom stereocenters. The number of halogens is 2. The Bertz CT molecular complexity index is 1130. The molecule has 0 radical (unpaired) electrons. The molecule has 144 valence electrons. The summed E-state index contributed by atoms with van der Waals surface area (Å²) in [5, 5.41) is 8.79. The van der Waals surface area contributed by atoms with E-state index in [1.165, 1.54) is 12.3 Å². The lowest BCUT2D eigenvalue weighted by Gasteiger charge is -2.12. The number of hydrogen-bond donors (Lipinski definition) is 2. The maximum atomic E-state index is 12.3. The number of nitrogens with one attached hydrogen (secondary N) is 1. The van der Waals surface area contributed by atoms with Gasteiger partial charge in [0.15, 0.2) is 0 Å². The highest BCUT2D eigenvalue weighted by molar-refractivity contribution is 7.89. The van der Waals surface area contributed by atoms with Crippen molar-refractivity contribution in [2.45, 2.75) is 11.3 Å². The second-order valence-electron chi connectivity index (χ2n) is 5.94. The highest BCUT2D eigenvalue weighted by atomic mass is 35.5. The van der Waals surface area contributed by atoms with Gasteiger partial charge in [-0.3, -0.25) is 4.79 Å². The third-order valence-corrected chi connectivity index (χ3v) is 5.46. The van der Waals surface area contributed by atoms with E-state index < -0.39 is 10.0 Å². The molecular weight excluding hydrogens is 421 g/mol. The minimum atomic E-state index is -4.05. The third-order valence-electron chi connectivity index (χ3n) is 3.92. The number of pyridine rings is 1. The lowest BCUT2D eigenvalue weighted by atomic mass is 10.1. The predicted octanol–water partition coefficient (Wildman–Crippen LogP) is 3.88. The number of sulfonamides is 1. The van der Waals surface area contributed by atoms with Crippen LogP contribution in [-0.4, -0.2) is 19.3 Å². The summed E-state index contributed by atoms with van der Waals surface area (Å²) in [6.45, 7) is 0. The molecule has 1 heterocycles. The number of nitrogens with two attached hydrogens (primary N) is 1. The summed E-state index contributed by atoms with van der Waals surface area (Å²) in [4.78, 5) is 16.1. The number of carbonyl (C=O) groups is 1. The number of carbonyl (C=O) groups excluding carboxylic acids is 1. The van der Waals surface area contributed by atoms with Crippen molar-refractivity contribution in [3.63, 3.8) is 0 Å². The smallest absolute Gasteiger partial charge is 0.238 e. The van der Waals surface area contributed by atoms with Crippen LogP contribution in [0.5, 0.6) is 0 Å². The maximum absolute atomic E-state index is 12.3. The van der Waals surface area contributed by atoms with Gasteiger partial charge in [0, 0.05) is 28.0 Å². The molecule has 9 heteroatoms. The normalized spacial score (nSPS) is 11.2. The van der Waals surface area contributed by atoms with E-state index in [0.29, 0.717) is 27.4 Å². The van der Waals surface area contributed by atoms with Crippen molar-refractivity contribution in [2.24, 2.45) is 5.14 Å². The molecule has 0 unspecified atom stereocenters. The molecule has 3 rings (SSSR count). The topological polar surface area (TPSA) is 102 Å². The van der Waals surface area contributed by atoms with E-state index in [1.54, 1.807) is 48.5 Å². The van der Waals surface area contributed by atoms with Gasteiger partial charge >= 0.3 is 0 Å². The molecule has 2 aromatic carbocycles. The Kier molecular flexibility index (Phi) is 6.00. The molecule has 6 nitrogen and oxygen atoms in total. The van der Waals surface area contributed by atoms with Crippen LogP contribution in [0.25, 0.3) is 11.1 Å². The van der Waals surface area contributed by atoms with E-state index in [2.05, 4.69) is 10.3 Å². The number of aromatic nitrogens is 1. The molecule has 0 bridgehead atoms. The minimum absolute atomic E-state index is 0.0488. The molecule has 0 saturated heterocycles. The Balaban J connectivity index is 1.90. The molecule has 3 N–H and O–H groups in total. The van der Waals surface area contributed by atoms with Gasteiger partial charge in [-0.2, -0.15) is 0 Å². The first-order valence-electron chi connectivity index (χ1n) is 8.06. The van der Waals surface area contributed by atoms with E-state index in [0.717, 1.165) is 0 Å². The van der Waals surface area contributed by atoms with Crippen molar-refractivity contribution in [3.8, 4) is 11.1 Å². The van der Waals surface area contributed by atoms with Gasteiger partial charge in [-0.1, -0.05) is 47.5 Å². The minimum Gasteiger partial charge on any atom is -0.326 e. The Hall–Kier alpha value is -2.45. The lowest BCUT2D eigenvalue weighted by Crippen LogP contribution is -2.17. The average Bonchev–Trinajstić information content (AvgIpc) is 2.64. The summed E-state index contributed by atoms with van der Waals surface area (Å²) in [5.74, 6) is -0.339. The van der Waals surface area contributed by atoms with Crippen LogP contribution in [0.1, 0.15) is 5.56 Å². The Labute approximate surface area is 172 Å². The molecule has 1 amide bonds. The van der Waals surface area contributed by atoms with Gasteiger partial charge < -0.3 is 5.32 Å². The predicted molar refractivity (Wildman–Crippen MR) is 110 cm³/mol. The maximum Gasteiger partial charge on any atom is 0.238 e. The van der Waals surface area contributed by atoms with Crippen LogP contribution < -0.4 is 10.5 Å². The van der Waals surface area contributed by atoms with Crippen LogP contribution in [0.3, 0.4) is 0 Å². The average molecular weight is 436 g/mol. The van der Waals surface area contributed by atoms with Crippen LogP contribution in [0.15, 0.2) is 65.7 Å². The second-order valence-corrected chi connectivity index (χ2v) is 8.27. The van der Waals surface area contributed by atoms with Crippen molar-refractivity contribution in [1.82, 2.24) is 4.98 Å². The van der Waals surface area contributed by atoms with Gasteiger partial charge in [0.2, 0.25) is 15.9 Å². The molecule has 3 aromatic rings. The number of nitrogens with zero attached hydrogens (tertiary/aromatic N) is 1. The van der Waals surface area contributed by atoms with E-state index in [-0.39, 0.29) is 22.4 Å². The molecule has 0 aliphatic heterocycles. The molecule has 0 aliphatic carbocycles. The Morgan fingerprint density at radius 1 is 1.07 bits per heavy atom. The number of hydrogen-bond acceptors (Lipinski definition) is 4. The van der Waals surface area contributed by atoms with Crippen molar-refractivity contribution >= 4 is 44.8 Å². The van der Waals surface area contributed by atoms with Crippen LogP contribution in [0.4, 0.5) is 5.69 Å². The second kappa shape index (κ2) is 8.28. The lowest BCUT2D eigenvalue weighted by molar-refractivity contribution is -0.115. The summed E-state index contributed by atoms with van der Waals surface area (Å²) in [7, 11) is -4.05. The van der Waals surface area contributed by atoms with E-state index in [4.69, 9.17) is 28.3 Å². The summed E-state index contributed by atoms with van der Waals surface area (Å²) < 4.78 is 24.1. The quantitative estimate of drug-likeness (QED) is 0.593. The largest absolute Gasteiger partial charge is 0.326 e. The first kappa shape index (κ1) is 20.3.